The lowest BCUT2D eigenvalue weighted by Crippen LogP contribution is -2.49. The fourth-order valence-corrected chi connectivity index (χ4v) is 3.07. The number of carbonyl (C=O) groups excluding carboxylic acids is 1. The Morgan fingerprint density at radius 1 is 1.33 bits per heavy atom. The molecule has 6 heteroatoms. The molecule has 1 saturated heterocycles. The minimum atomic E-state index is -0.970. The summed E-state index contributed by atoms with van der Waals surface area (Å²) in [5.74, 6) is -0.970. The predicted octanol–water partition coefficient (Wildman–Crippen LogP) is 1.34. The first-order valence-electron chi connectivity index (χ1n) is 7.03. The van der Waals surface area contributed by atoms with Crippen LogP contribution in [0.1, 0.15) is 12.0 Å². The molecule has 0 aliphatic carbocycles. The molecule has 2 aliphatic rings. The summed E-state index contributed by atoms with van der Waals surface area (Å²) in [6, 6.07) is 6.30. The topological polar surface area (TPSA) is 70.1 Å². The molecule has 2 amide bonds. The van der Waals surface area contributed by atoms with Crippen molar-refractivity contribution in [1.29, 1.82) is 0 Å². The van der Waals surface area contributed by atoms with E-state index in [2.05, 4.69) is 0 Å². The van der Waals surface area contributed by atoms with Gasteiger partial charge >= 0.3 is 12.0 Å². The van der Waals surface area contributed by atoms with Gasteiger partial charge in [-0.05, 0) is 18.1 Å². The van der Waals surface area contributed by atoms with Crippen LogP contribution in [0.5, 0.6) is 0 Å². The van der Waals surface area contributed by atoms with Crippen molar-refractivity contribution in [2.24, 2.45) is 0 Å². The molecule has 1 N–H and O–H groups in total. The second-order valence-electron chi connectivity index (χ2n) is 5.43. The number of fused-ring (bicyclic) bond motifs is 1. The maximum absolute atomic E-state index is 12.7. The fourth-order valence-electron chi connectivity index (χ4n) is 3.07. The summed E-state index contributed by atoms with van der Waals surface area (Å²) in [4.78, 5) is 27.3. The van der Waals surface area contributed by atoms with Crippen molar-refractivity contribution in [3.63, 3.8) is 0 Å². The van der Waals surface area contributed by atoms with Crippen LogP contribution >= 0.6 is 0 Å². The molecule has 1 aromatic carbocycles. The van der Waals surface area contributed by atoms with Crippen molar-refractivity contribution in [1.82, 2.24) is 4.90 Å². The van der Waals surface area contributed by atoms with Gasteiger partial charge in [-0.25, -0.2) is 9.59 Å². The number of amides is 2. The summed E-state index contributed by atoms with van der Waals surface area (Å²) in [5.41, 5.74) is 1.61. The van der Waals surface area contributed by atoms with Gasteiger partial charge in [0.2, 0.25) is 0 Å². The van der Waals surface area contributed by atoms with Gasteiger partial charge in [-0.2, -0.15) is 0 Å². The molecule has 0 bridgehead atoms. The number of para-hydroxylation sites is 1. The highest BCUT2D eigenvalue weighted by Gasteiger charge is 2.41. The molecule has 0 radical (unpaired) electrons. The Hall–Kier alpha value is -2.08. The Morgan fingerprint density at radius 2 is 2.10 bits per heavy atom. The molecule has 21 heavy (non-hydrogen) atoms. The van der Waals surface area contributed by atoms with Gasteiger partial charge in [-0.1, -0.05) is 18.2 Å². The van der Waals surface area contributed by atoms with E-state index in [0.717, 1.165) is 12.0 Å². The van der Waals surface area contributed by atoms with Gasteiger partial charge in [0.15, 0.2) is 0 Å². The predicted molar refractivity (Wildman–Crippen MR) is 76.4 cm³/mol. The van der Waals surface area contributed by atoms with E-state index in [1.54, 1.807) is 18.1 Å². The lowest BCUT2D eigenvalue weighted by Gasteiger charge is -2.28. The maximum atomic E-state index is 12.7. The second kappa shape index (κ2) is 5.37. The zero-order valence-corrected chi connectivity index (χ0v) is 11.9. The first-order chi connectivity index (χ1) is 10.1. The molecule has 0 aromatic heterocycles. The molecule has 2 aliphatic heterocycles. The van der Waals surface area contributed by atoms with Gasteiger partial charge in [0.25, 0.3) is 0 Å². The third kappa shape index (κ3) is 2.35. The molecule has 0 saturated carbocycles. The third-order valence-corrected chi connectivity index (χ3v) is 4.22. The average Bonchev–Trinajstić information content (AvgIpc) is 3.11. The van der Waals surface area contributed by atoms with Gasteiger partial charge in [-0.15, -0.1) is 0 Å². The highest BCUT2D eigenvalue weighted by molar-refractivity contribution is 6.01. The Kier molecular flexibility index (Phi) is 3.55. The van der Waals surface area contributed by atoms with Crippen molar-refractivity contribution in [2.75, 3.05) is 25.1 Å². The van der Waals surface area contributed by atoms with Gasteiger partial charge in [0.05, 0.1) is 6.10 Å². The fraction of sp³-hybridized carbons (Fsp3) is 0.467. The van der Waals surface area contributed by atoms with Crippen molar-refractivity contribution >= 4 is 17.7 Å². The van der Waals surface area contributed by atoms with E-state index >= 15 is 0 Å². The minimum absolute atomic E-state index is 0.0371. The van der Waals surface area contributed by atoms with Crippen LogP contribution in [0, 0.1) is 0 Å². The van der Waals surface area contributed by atoms with E-state index in [1.165, 1.54) is 4.90 Å². The van der Waals surface area contributed by atoms with Crippen LogP contribution in [0.4, 0.5) is 10.5 Å². The molecule has 3 rings (SSSR count). The number of aliphatic carboxylic acids is 1. The van der Waals surface area contributed by atoms with E-state index in [1.807, 2.05) is 18.2 Å². The smallest absolute Gasteiger partial charge is 0.327 e. The number of anilines is 1. The molecule has 1 aromatic rings. The van der Waals surface area contributed by atoms with Crippen LogP contribution in [0.3, 0.4) is 0 Å². The number of carbonyl (C=O) groups is 2. The van der Waals surface area contributed by atoms with Gasteiger partial charge in [-0.3, -0.25) is 4.90 Å². The Bertz CT molecular complexity index is 575. The molecule has 2 atom stereocenters. The Labute approximate surface area is 122 Å². The molecule has 1 fully saturated rings. The van der Waals surface area contributed by atoms with E-state index in [9.17, 15) is 14.7 Å². The van der Waals surface area contributed by atoms with Crippen LogP contribution in [-0.2, 0) is 16.0 Å². The number of likely N-dealkylation sites (tertiary alicyclic amines) is 1. The van der Waals surface area contributed by atoms with Crippen molar-refractivity contribution in [3.8, 4) is 0 Å². The number of ether oxygens (including phenoxy) is 1. The molecule has 112 valence electrons. The molecular formula is C15H18N2O4. The van der Waals surface area contributed by atoms with Crippen LogP contribution in [0.15, 0.2) is 24.3 Å². The minimum Gasteiger partial charge on any atom is -0.480 e. The highest BCUT2D eigenvalue weighted by atomic mass is 16.5. The number of carboxylic acids is 1. The lowest BCUT2D eigenvalue weighted by molar-refractivity contribution is -0.138. The van der Waals surface area contributed by atoms with Crippen molar-refractivity contribution in [3.05, 3.63) is 29.8 Å². The lowest BCUT2D eigenvalue weighted by atomic mass is 10.1. The molecular weight excluding hydrogens is 272 g/mol. The number of hydrogen-bond acceptors (Lipinski definition) is 3. The number of urea groups is 1. The second-order valence-corrected chi connectivity index (χ2v) is 5.43. The number of carboxylic acid groups (broad SMARTS) is 1. The third-order valence-electron chi connectivity index (χ3n) is 4.22. The summed E-state index contributed by atoms with van der Waals surface area (Å²) >= 11 is 0. The monoisotopic (exact) mass is 290 g/mol. The summed E-state index contributed by atoms with van der Waals surface area (Å²) < 4.78 is 5.27. The number of rotatable bonds is 2. The first kappa shape index (κ1) is 13.9. The van der Waals surface area contributed by atoms with Crippen LogP contribution in [0.2, 0.25) is 0 Å². The zero-order valence-electron chi connectivity index (χ0n) is 11.9. The van der Waals surface area contributed by atoms with E-state index in [4.69, 9.17) is 4.74 Å². The Morgan fingerprint density at radius 3 is 2.76 bits per heavy atom. The summed E-state index contributed by atoms with van der Waals surface area (Å²) in [6.45, 7) is 1.11. The normalized spacial score (nSPS) is 24.2. The standard InChI is InChI=1S/C15H18N2O4/c1-21-11-6-7-16(9-11)15(20)17-12-5-3-2-4-10(12)8-13(17)14(18)19/h2-5,11,13H,6-9H2,1H3,(H,18,19). The SMILES string of the molecule is COC1CCN(C(=O)N2c3ccccc3CC2C(=O)O)C1. The molecule has 0 spiro atoms. The van der Waals surface area contributed by atoms with Gasteiger partial charge < -0.3 is 14.7 Å². The summed E-state index contributed by atoms with van der Waals surface area (Å²) in [7, 11) is 1.63. The van der Waals surface area contributed by atoms with E-state index in [-0.39, 0.29) is 12.1 Å². The Balaban J connectivity index is 1.87. The van der Waals surface area contributed by atoms with E-state index in [0.29, 0.717) is 25.2 Å². The molecule has 6 nitrogen and oxygen atoms in total. The number of nitrogens with zero attached hydrogens (tertiary/aromatic N) is 2. The van der Waals surface area contributed by atoms with Crippen LogP contribution in [0.25, 0.3) is 0 Å². The quantitative estimate of drug-likeness (QED) is 0.892. The van der Waals surface area contributed by atoms with Crippen LogP contribution < -0.4 is 4.90 Å². The summed E-state index contributed by atoms with van der Waals surface area (Å²) in [5, 5.41) is 9.41. The average molecular weight is 290 g/mol. The van der Waals surface area contributed by atoms with Crippen molar-refractivity contribution in [2.45, 2.75) is 25.0 Å². The summed E-state index contributed by atoms with van der Waals surface area (Å²) in [6.07, 6.45) is 1.18. The molecule has 2 unspecified atom stereocenters. The number of hydrogen-bond donors (Lipinski definition) is 1. The van der Waals surface area contributed by atoms with Crippen LogP contribution in [-0.4, -0.2) is 54.4 Å². The zero-order chi connectivity index (χ0) is 15.0. The van der Waals surface area contributed by atoms with Gasteiger partial charge in [0, 0.05) is 32.3 Å². The maximum Gasteiger partial charge on any atom is 0.327 e. The number of benzene rings is 1. The van der Waals surface area contributed by atoms with E-state index < -0.39 is 12.0 Å². The molecule has 2 heterocycles. The number of methoxy groups -OCH3 is 1. The first-order valence-corrected chi connectivity index (χ1v) is 7.03. The van der Waals surface area contributed by atoms with Crippen molar-refractivity contribution < 1.29 is 19.4 Å². The van der Waals surface area contributed by atoms with Gasteiger partial charge in [0.1, 0.15) is 6.04 Å². The highest BCUT2D eigenvalue weighted by Crippen LogP contribution is 2.33. The largest absolute Gasteiger partial charge is 0.480 e.